The Balaban J connectivity index is 2.26. The highest BCUT2D eigenvalue weighted by atomic mass is 79.9. The summed E-state index contributed by atoms with van der Waals surface area (Å²) in [4.78, 5) is 13.0. The molecule has 0 aliphatic carbocycles. The number of esters is 1. The van der Waals surface area contributed by atoms with Crippen molar-refractivity contribution in [2.24, 2.45) is 5.10 Å². The molecular weight excluding hydrogens is 480 g/mol. The Labute approximate surface area is 172 Å². The first kappa shape index (κ1) is 19.9. The van der Waals surface area contributed by atoms with Crippen LogP contribution in [0.3, 0.4) is 0 Å². The minimum absolute atomic E-state index is 0.138. The van der Waals surface area contributed by atoms with E-state index < -0.39 is 13.6 Å². The van der Waals surface area contributed by atoms with Gasteiger partial charge in [-0.25, -0.2) is 4.79 Å². The first-order valence-corrected chi connectivity index (χ1v) is 13.7. The van der Waals surface area contributed by atoms with Crippen LogP contribution in [0.4, 0.5) is 0 Å². The summed E-state index contributed by atoms with van der Waals surface area (Å²) in [7, 11) is 1.34. The summed E-state index contributed by atoms with van der Waals surface area (Å²) in [6.07, 6.45) is 1.67. The topological polar surface area (TPSA) is 51.1 Å². The molecule has 8 heteroatoms. The van der Waals surface area contributed by atoms with Crippen molar-refractivity contribution in [3.63, 3.8) is 0 Å². The molecule has 1 unspecified atom stereocenters. The van der Waals surface area contributed by atoms with Crippen molar-refractivity contribution in [3.05, 3.63) is 26.6 Å². The maximum absolute atomic E-state index is 13.0. The molecule has 0 spiro atoms. The minimum atomic E-state index is -1.78. The third-order valence-corrected chi connectivity index (χ3v) is 8.49. The Morgan fingerprint density at radius 2 is 1.96 bits per heavy atom. The van der Waals surface area contributed by atoms with E-state index in [9.17, 15) is 4.79 Å². The van der Waals surface area contributed by atoms with Crippen LogP contribution < -0.4 is 4.74 Å². The first-order chi connectivity index (χ1) is 12.2. The quantitative estimate of drug-likeness (QED) is 0.446. The molecule has 2 aliphatic rings. The summed E-state index contributed by atoms with van der Waals surface area (Å²) in [5, 5.41) is 8.09. The monoisotopic (exact) mass is 502 g/mol. The molecule has 2 aliphatic heterocycles. The van der Waals surface area contributed by atoms with E-state index in [1.807, 2.05) is 17.1 Å². The molecule has 3 rings (SSSR count). The van der Waals surface area contributed by atoms with Crippen LogP contribution >= 0.6 is 31.9 Å². The van der Waals surface area contributed by atoms with Gasteiger partial charge in [0.25, 0.3) is 0 Å². The maximum Gasteiger partial charge on any atom is 0.334 e. The molecule has 1 aromatic carbocycles. The zero-order chi connectivity index (χ0) is 19.3. The number of fused-ring (bicyclic) bond motifs is 1. The largest absolute Gasteiger partial charge is 0.496 e. The molecule has 2 heterocycles. The average Bonchev–Trinajstić information content (AvgIpc) is 3.11. The third kappa shape index (κ3) is 2.94. The van der Waals surface area contributed by atoms with E-state index in [4.69, 9.17) is 14.6 Å². The smallest absolute Gasteiger partial charge is 0.334 e. The predicted molar refractivity (Wildman–Crippen MR) is 113 cm³/mol. The number of ether oxygens (including phenoxy) is 2. The highest BCUT2D eigenvalue weighted by molar-refractivity contribution is 9.11. The molecule has 1 aromatic rings. The van der Waals surface area contributed by atoms with Crippen molar-refractivity contribution in [2.45, 2.75) is 43.9 Å². The van der Waals surface area contributed by atoms with Crippen molar-refractivity contribution in [1.82, 2.24) is 5.01 Å². The van der Waals surface area contributed by atoms with Gasteiger partial charge in [-0.2, -0.15) is 5.10 Å². The van der Waals surface area contributed by atoms with E-state index in [1.54, 1.807) is 7.11 Å². The summed E-state index contributed by atoms with van der Waals surface area (Å²) in [6.45, 7) is 7.60. The van der Waals surface area contributed by atoms with Gasteiger partial charge >= 0.3 is 5.97 Å². The van der Waals surface area contributed by atoms with Crippen LogP contribution in [0.1, 0.15) is 24.3 Å². The third-order valence-electron chi connectivity index (χ3n) is 5.26. The van der Waals surface area contributed by atoms with Crippen molar-refractivity contribution in [1.29, 1.82) is 0 Å². The molecule has 142 valence electrons. The van der Waals surface area contributed by atoms with Crippen molar-refractivity contribution in [2.75, 3.05) is 20.8 Å². The number of hydrogen-bond donors (Lipinski definition) is 0. The number of carbonyl (C=O) groups excluding carboxylic acids is 1. The Kier molecular flexibility index (Phi) is 5.31. The van der Waals surface area contributed by atoms with Crippen LogP contribution in [0.5, 0.6) is 5.75 Å². The van der Waals surface area contributed by atoms with Gasteiger partial charge in [0, 0.05) is 16.4 Å². The van der Waals surface area contributed by atoms with Crippen molar-refractivity contribution >= 4 is 51.2 Å². The second kappa shape index (κ2) is 6.94. The molecule has 0 bridgehead atoms. The van der Waals surface area contributed by atoms with E-state index in [-0.39, 0.29) is 11.9 Å². The van der Waals surface area contributed by atoms with Crippen LogP contribution in [0.2, 0.25) is 19.6 Å². The molecule has 1 saturated heterocycles. The maximum atomic E-state index is 13.0. The Bertz CT molecular complexity index is 778. The number of hydrogen-bond acceptors (Lipinski definition) is 5. The lowest BCUT2D eigenvalue weighted by Gasteiger charge is -2.36. The number of nitrogens with zero attached hydrogens (tertiary/aromatic N) is 2. The fraction of sp³-hybridized carbons (Fsp3) is 0.556. The second-order valence-corrected chi connectivity index (χ2v) is 14.5. The molecular formula is C18H24Br2N2O3Si. The number of carbonyl (C=O) groups is 1. The first-order valence-electron chi connectivity index (χ1n) is 8.64. The molecule has 0 radical (unpaired) electrons. The number of halogens is 2. The summed E-state index contributed by atoms with van der Waals surface area (Å²) in [5.74, 6) is 0.404. The standard InChI is InChI=1S/C18H24Br2N2O3Si/c1-24-14-9-11(12(19)10-13(14)20)15-16(26(3,4)5)21-22-8-6-7-18(15,22)17(23)25-2/h9-10,15H,6-8H2,1-5H3/t15?,18-/m0/s1. The Hall–Kier alpha value is -0.863. The van der Waals surface area contributed by atoms with E-state index in [1.165, 1.54) is 7.11 Å². The zero-order valence-corrected chi connectivity index (χ0v) is 19.9. The zero-order valence-electron chi connectivity index (χ0n) is 15.7. The van der Waals surface area contributed by atoms with E-state index in [2.05, 4.69) is 51.5 Å². The van der Waals surface area contributed by atoms with Gasteiger partial charge in [0.2, 0.25) is 0 Å². The van der Waals surface area contributed by atoms with E-state index in [0.29, 0.717) is 0 Å². The molecule has 26 heavy (non-hydrogen) atoms. The van der Waals surface area contributed by atoms with Crippen molar-refractivity contribution in [3.8, 4) is 5.75 Å². The van der Waals surface area contributed by atoms with Gasteiger partial charge in [-0.1, -0.05) is 35.6 Å². The summed E-state index contributed by atoms with van der Waals surface area (Å²) in [6, 6.07) is 4.00. The van der Waals surface area contributed by atoms with Crippen LogP contribution in [0, 0.1) is 0 Å². The van der Waals surface area contributed by atoms with Gasteiger partial charge in [0.05, 0.1) is 32.7 Å². The molecule has 0 saturated carbocycles. The van der Waals surface area contributed by atoms with Gasteiger partial charge in [-0.15, -0.1) is 0 Å². The van der Waals surface area contributed by atoms with Gasteiger partial charge in [-0.05, 0) is 46.5 Å². The molecule has 2 atom stereocenters. The normalized spacial score (nSPS) is 25.1. The second-order valence-electron chi connectivity index (χ2n) is 7.82. The summed E-state index contributed by atoms with van der Waals surface area (Å²) >= 11 is 7.25. The lowest BCUT2D eigenvalue weighted by Crippen LogP contribution is -2.53. The highest BCUT2D eigenvalue weighted by Gasteiger charge is 2.62. The van der Waals surface area contributed by atoms with Crippen LogP contribution in [0.25, 0.3) is 0 Å². The van der Waals surface area contributed by atoms with Gasteiger partial charge in [0.15, 0.2) is 5.54 Å². The molecule has 1 fully saturated rings. The highest BCUT2D eigenvalue weighted by Crippen LogP contribution is 2.51. The minimum Gasteiger partial charge on any atom is -0.496 e. The fourth-order valence-corrected chi connectivity index (χ4v) is 7.15. The molecule has 5 nitrogen and oxygen atoms in total. The lowest BCUT2D eigenvalue weighted by atomic mass is 9.79. The van der Waals surface area contributed by atoms with Crippen LogP contribution in [-0.4, -0.2) is 50.7 Å². The molecule has 0 amide bonds. The van der Waals surface area contributed by atoms with E-state index >= 15 is 0 Å². The molecule has 0 N–H and O–H groups in total. The Morgan fingerprint density at radius 3 is 2.54 bits per heavy atom. The fourth-order valence-electron chi connectivity index (χ4n) is 4.09. The summed E-state index contributed by atoms with van der Waals surface area (Å²) < 4.78 is 12.6. The number of methoxy groups -OCH3 is 2. The number of benzene rings is 1. The number of hydrazone groups is 1. The van der Waals surface area contributed by atoms with Gasteiger partial charge in [-0.3, -0.25) is 5.01 Å². The summed E-state index contributed by atoms with van der Waals surface area (Å²) in [5.41, 5.74) is 0.271. The van der Waals surface area contributed by atoms with Crippen LogP contribution in [-0.2, 0) is 9.53 Å². The van der Waals surface area contributed by atoms with Gasteiger partial charge in [0.1, 0.15) is 5.75 Å². The Morgan fingerprint density at radius 1 is 1.27 bits per heavy atom. The predicted octanol–water partition coefficient (Wildman–Crippen LogP) is 4.56. The van der Waals surface area contributed by atoms with Gasteiger partial charge < -0.3 is 9.47 Å². The van der Waals surface area contributed by atoms with Crippen LogP contribution in [0.15, 0.2) is 26.2 Å². The lowest BCUT2D eigenvalue weighted by molar-refractivity contribution is -0.153. The van der Waals surface area contributed by atoms with Crippen molar-refractivity contribution < 1.29 is 14.3 Å². The average molecular weight is 504 g/mol. The molecule has 0 aromatic heterocycles. The van der Waals surface area contributed by atoms with E-state index in [0.717, 1.165) is 45.0 Å². The number of rotatable bonds is 4. The SMILES string of the molecule is COC(=O)[C@@]12CCCN1N=C([Si](C)(C)C)C2c1cc(OC)c(Br)cc1Br.